The minimum Gasteiger partial charge on any atom is -0.317 e. The summed E-state index contributed by atoms with van der Waals surface area (Å²) in [7, 11) is 0. The lowest BCUT2D eigenvalue weighted by molar-refractivity contribution is 0.138. The first-order chi connectivity index (χ1) is 8.33. The minimum atomic E-state index is 0.780. The van der Waals surface area contributed by atoms with Gasteiger partial charge in [-0.1, -0.05) is 19.8 Å². The highest BCUT2D eigenvalue weighted by molar-refractivity contribution is 4.89. The first kappa shape index (κ1) is 13.4. The number of hydrogen-bond donors (Lipinski definition) is 1. The van der Waals surface area contributed by atoms with E-state index in [2.05, 4.69) is 24.1 Å². The van der Waals surface area contributed by atoms with Crippen LogP contribution < -0.4 is 5.32 Å². The van der Waals surface area contributed by atoms with Gasteiger partial charge in [0.15, 0.2) is 0 Å². The molecule has 1 aliphatic heterocycles. The molecule has 0 aromatic carbocycles. The van der Waals surface area contributed by atoms with Crippen molar-refractivity contribution in [1.29, 1.82) is 0 Å². The second-order valence-electron chi connectivity index (χ2n) is 5.98. The molecule has 2 fully saturated rings. The number of rotatable bonds is 6. The number of likely N-dealkylation sites (tertiary alicyclic amines) is 1. The van der Waals surface area contributed by atoms with E-state index in [0.29, 0.717) is 0 Å². The van der Waals surface area contributed by atoms with E-state index in [0.717, 1.165) is 24.5 Å². The Hall–Kier alpha value is -0.0800. The third-order valence-corrected chi connectivity index (χ3v) is 4.84. The molecule has 2 atom stereocenters. The molecule has 2 nitrogen and oxygen atoms in total. The highest BCUT2D eigenvalue weighted by atomic mass is 15.2. The number of nitrogens with zero attached hydrogens (tertiary/aromatic N) is 1. The van der Waals surface area contributed by atoms with Crippen molar-refractivity contribution < 1.29 is 0 Å². The van der Waals surface area contributed by atoms with Crippen molar-refractivity contribution in [3.63, 3.8) is 0 Å². The molecule has 1 saturated heterocycles. The first-order valence-electron chi connectivity index (χ1n) is 7.79. The molecule has 0 radical (unpaired) electrons. The molecule has 2 aliphatic rings. The molecule has 1 aliphatic carbocycles. The Labute approximate surface area is 107 Å². The standard InChI is InChI=1S/C15H30N2/c1-3-16-11-10-13(2)17-12-6-9-15(17)14-7-4-5-8-14/h13-16H,3-12H2,1-2H3. The van der Waals surface area contributed by atoms with Crippen molar-refractivity contribution in [2.24, 2.45) is 5.92 Å². The van der Waals surface area contributed by atoms with Gasteiger partial charge in [-0.2, -0.15) is 0 Å². The van der Waals surface area contributed by atoms with Crippen LogP contribution in [0.3, 0.4) is 0 Å². The molecule has 17 heavy (non-hydrogen) atoms. The van der Waals surface area contributed by atoms with Crippen molar-refractivity contribution in [2.45, 2.75) is 70.9 Å². The van der Waals surface area contributed by atoms with E-state index in [-0.39, 0.29) is 0 Å². The van der Waals surface area contributed by atoms with Gasteiger partial charge in [-0.25, -0.2) is 0 Å². The fourth-order valence-corrected chi connectivity index (χ4v) is 3.86. The fraction of sp³-hybridized carbons (Fsp3) is 1.00. The normalized spacial score (nSPS) is 28.9. The van der Waals surface area contributed by atoms with Crippen LogP contribution in [0, 0.1) is 5.92 Å². The summed E-state index contributed by atoms with van der Waals surface area (Å²) in [5, 5.41) is 3.46. The van der Waals surface area contributed by atoms with Crippen LogP contribution in [-0.4, -0.2) is 36.6 Å². The van der Waals surface area contributed by atoms with Crippen molar-refractivity contribution in [3.05, 3.63) is 0 Å². The van der Waals surface area contributed by atoms with Crippen molar-refractivity contribution in [3.8, 4) is 0 Å². The molecule has 1 saturated carbocycles. The third-order valence-electron chi connectivity index (χ3n) is 4.84. The van der Waals surface area contributed by atoms with Crippen molar-refractivity contribution >= 4 is 0 Å². The Balaban J connectivity index is 1.80. The first-order valence-corrected chi connectivity index (χ1v) is 7.79. The molecule has 1 heterocycles. The molecule has 0 bridgehead atoms. The second kappa shape index (κ2) is 6.75. The summed E-state index contributed by atoms with van der Waals surface area (Å²) < 4.78 is 0. The van der Waals surface area contributed by atoms with E-state index < -0.39 is 0 Å². The smallest absolute Gasteiger partial charge is 0.0127 e. The van der Waals surface area contributed by atoms with Crippen molar-refractivity contribution in [2.75, 3.05) is 19.6 Å². The van der Waals surface area contributed by atoms with E-state index in [1.54, 1.807) is 0 Å². The van der Waals surface area contributed by atoms with Crippen LogP contribution in [-0.2, 0) is 0 Å². The predicted octanol–water partition coefficient (Wildman–Crippen LogP) is 3.03. The minimum absolute atomic E-state index is 0.780. The lowest BCUT2D eigenvalue weighted by Gasteiger charge is -2.34. The van der Waals surface area contributed by atoms with Gasteiger partial charge < -0.3 is 5.32 Å². The number of nitrogens with one attached hydrogen (secondary N) is 1. The maximum atomic E-state index is 3.46. The molecule has 0 amide bonds. The van der Waals surface area contributed by atoms with Gasteiger partial charge in [0.1, 0.15) is 0 Å². The van der Waals surface area contributed by atoms with Gasteiger partial charge in [0.25, 0.3) is 0 Å². The van der Waals surface area contributed by atoms with Gasteiger partial charge in [0.2, 0.25) is 0 Å². The molecule has 0 aromatic heterocycles. The summed E-state index contributed by atoms with van der Waals surface area (Å²) in [6.07, 6.45) is 10.2. The Morgan fingerprint density at radius 1 is 1.18 bits per heavy atom. The topological polar surface area (TPSA) is 15.3 Å². The van der Waals surface area contributed by atoms with E-state index >= 15 is 0 Å². The molecule has 0 aromatic rings. The van der Waals surface area contributed by atoms with E-state index in [1.165, 1.54) is 58.0 Å². The average Bonchev–Trinajstić information content (AvgIpc) is 2.99. The third kappa shape index (κ3) is 3.45. The Kier molecular flexibility index (Phi) is 5.30. The van der Waals surface area contributed by atoms with E-state index in [4.69, 9.17) is 0 Å². The van der Waals surface area contributed by atoms with Gasteiger partial charge in [0, 0.05) is 12.1 Å². The number of hydrogen-bond acceptors (Lipinski definition) is 2. The van der Waals surface area contributed by atoms with Crippen LogP contribution >= 0.6 is 0 Å². The van der Waals surface area contributed by atoms with Crippen LogP contribution in [0.2, 0.25) is 0 Å². The van der Waals surface area contributed by atoms with E-state index in [9.17, 15) is 0 Å². The zero-order valence-electron chi connectivity index (χ0n) is 11.8. The summed E-state index contributed by atoms with van der Waals surface area (Å²) in [5.41, 5.74) is 0. The monoisotopic (exact) mass is 238 g/mol. The van der Waals surface area contributed by atoms with Crippen LogP contribution in [0.5, 0.6) is 0 Å². The molecular formula is C15H30N2. The molecule has 100 valence electrons. The van der Waals surface area contributed by atoms with E-state index in [1.807, 2.05) is 0 Å². The Morgan fingerprint density at radius 3 is 2.65 bits per heavy atom. The summed E-state index contributed by atoms with van der Waals surface area (Å²) in [5.74, 6) is 1.03. The summed E-state index contributed by atoms with van der Waals surface area (Å²) in [4.78, 5) is 2.83. The molecule has 0 spiro atoms. The predicted molar refractivity (Wildman–Crippen MR) is 74.3 cm³/mol. The van der Waals surface area contributed by atoms with Crippen LogP contribution in [0.25, 0.3) is 0 Å². The Morgan fingerprint density at radius 2 is 1.94 bits per heavy atom. The van der Waals surface area contributed by atoms with Gasteiger partial charge >= 0.3 is 0 Å². The molecular weight excluding hydrogens is 208 g/mol. The second-order valence-corrected chi connectivity index (χ2v) is 5.98. The highest BCUT2D eigenvalue weighted by Gasteiger charge is 2.35. The summed E-state index contributed by atoms with van der Waals surface area (Å²) >= 11 is 0. The van der Waals surface area contributed by atoms with Gasteiger partial charge in [0.05, 0.1) is 0 Å². The average molecular weight is 238 g/mol. The van der Waals surface area contributed by atoms with Crippen LogP contribution in [0.1, 0.15) is 58.8 Å². The molecule has 1 N–H and O–H groups in total. The summed E-state index contributed by atoms with van der Waals surface area (Å²) in [6, 6.07) is 1.70. The van der Waals surface area contributed by atoms with Gasteiger partial charge in [-0.3, -0.25) is 4.90 Å². The van der Waals surface area contributed by atoms with Crippen LogP contribution in [0.4, 0.5) is 0 Å². The maximum Gasteiger partial charge on any atom is 0.0127 e. The lowest BCUT2D eigenvalue weighted by Crippen LogP contribution is -2.42. The fourth-order valence-electron chi connectivity index (χ4n) is 3.86. The molecule has 2 unspecified atom stereocenters. The van der Waals surface area contributed by atoms with Gasteiger partial charge in [-0.05, 0) is 64.6 Å². The zero-order valence-corrected chi connectivity index (χ0v) is 11.8. The Bertz CT molecular complexity index is 211. The highest BCUT2D eigenvalue weighted by Crippen LogP contribution is 2.36. The summed E-state index contributed by atoms with van der Waals surface area (Å²) in [6.45, 7) is 8.28. The zero-order chi connectivity index (χ0) is 12.1. The molecule has 2 rings (SSSR count). The van der Waals surface area contributed by atoms with Crippen molar-refractivity contribution in [1.82, 2.24) is 10.2 Å². The SMILES string of the molecule is CCNCCC(C)N1CCCC1C1CCCC1. The molecule has 2 heteroatoms. The van der Waals surface area contributed by atoms with Gasteiger partial charge in [-0.15, -0.1) is 0 Å². The largest absolute Gasteiger partial charge is 0.317 e. The lowest BCUT2D eigenvalue weighted by atomic mass is 9.95. The van der Waals surface area contributed by atoms with Crippen LogP contribution in [0.15, 0.2) is 0 Å². The quantitative estimate of drug-likeness (QED) is 0.716. The maximum absolute atomic E-state index is 3.46.